The molecule has 28 heavy (non-hydrogen) atoms. The summed E-state index contributed by atoms with van der Waals surface area (Å²) in [5.41, 5.74) is 1.05. The van der Waals surface area contributed by atoms with Crippen LogP contribution in [0.5, 0.6) is 11.5 Å². The number of esters is 1. The van der Waals surface area contributed by atoms with E-state index >= 15 is 0 Å². The van der Waals surface area contributed by atoms with Gasteiger partial charge in [0.2, 0.25) is 0 Å². The Hall–Kier alpha value is -3.55. The highest BCUT2D eigenvalue weighted by Gasteiger charge is 2.12. The van der Waals surface area contributed by atoms with Gasteiger partial charge < -0.3 is 18.9 Å². The van der Waals surface area contributed by atoms with E-state index in [4.69, 9.17) is 14.2 Å². The molecule has 2 aromatic carbocycles. The fourth-order valence-corrected chi connectivity index (χ4v) is 2.02. The molecule has 8 heteroatoms. The molecule has 0 saturated carbocycles. The van der Waals surface area contributed by atoms with Gasteiger partial charge in [-0.1, -0.05) is 30.3 Å². The molecule has 0 unspecified atom stereocenters. The van der Waals surface area contributed by atoms with E-state index in [2.05, 4.69) is 4.74 Å². The van der Waals surface area contributed by atoms with Crippen LogP contribution in [0.3, 0.4) is 0 Å². The maximum absolute atomic E-state index is 11.6. The van der Waals surface area contributed by atoms with Gasteiger partial charge in [0.25, 0.3) is 5.91 Å². The van der Waals surface area contributed by atoms with Gasteiger partial charge in [-0.2, -0.15) is 0 Å². The van der Waals surface area contributed by atoms with Crippen molar-refractivity contribution >= 4 is 18.0 Å². The molecule has 2 amide bonds. The number of hydrogen-bond donors (Lipinski definition) is 1. The third-order valence-electron chi connectivity index (χ3n) is 3.31. The zero-order valence-electron chi connectivity index (χ0n) is 15.4. The first-order valence-electron chi connectivity index (χ1n) is 8.58. The number of rotatable bonds is 9. The molecule has 0 aromatic heterocycles. The number of amides is 2. The molecule has 0 saturated heterocycles. The number of hydrogen-bond acceptors (Lipinski definition) is 7. The summed E-state index contributed by atoms with van der Waals surface area (Å²) < 4.78 is 20.2. The Kier molecular flexibility index (Phi) is 8.32. The summed E-state index contributed by atoms with van der Waals surface area (Å²) in [5.74, 6) is -0.426. The van der Waals surface area contributed by atoms with Crippen molar-refractivity contribution in [3.63, 3.8) is 0 Å². The highest BCUT2D eigenvalue weighted by atomic mass is 16.6. The second kappa shape index (κ2) is 11.2. The SMILES string of the molecule is CCOC(=O)NC(=O)COC(=O)COc1ccc(OCc2ccccc2)cc1. The number of nitrogens with one attached hydrogen (secondary N) is 1. The van der Waals surface area contributed by atoms with Crippen LogP contribution < -0.4 is 14.8 Å². The van der Waals surface area contributed by atoms with E-state index in [9.17, 15) is 14.4 Å². The molecule has 2 rings (SSSR count). The van der Waals surface area contributed by atoms with Crippen LogP contribution in [0.25, 0.3) is 0 Å². The molecule has 0 radical (unpaired) electrons. The molecule has 8 nitrogen and oxygen atoms in total. The average Bonchev–Trinajstić information content (AvgIpc) is 2.71. The van der Waals surface area contributed by atoms with Crippen molar-refractivity contribution in [1.82, 2.24) is 5.32 Å². The van der Waals surface area contributed by atoms with Crippen LogP contribution in [-0.2, 0) is 25.7 Å². The summed E-state index contributed by atoms with van der Waals surface area (Å²) in [4.78, 5) is 34.0. The molecule has 0 heterocycles. The van der Waals surface area contributed by atoms with Crippen LogP contribution in [0.2, 0.25) is 0 Å². The van der Waals surface area contributed by atoms with Crippen molar-refractivity contribution in [2.75, 3.05) is 19.8 Å². The van der Waals surface area contributed by atoms with Gasteiger partial charge in [-0.25, -0.2) is 9.59 Å². The normalized spacial score (nSPS) is 9.89. The van der Waals surface area contributed by atoms with Crippen LogP contribution in [0, 0.1) is 0 Å². The Morgan fingerprint density at radius 1 is 0.821 bits per heavy atom. The van der Waals surface area contributed by atoms with Crippen LogP contribution in [0.15, 0.2) is 54.6 Å². The first-order chi connectivity index (χ1) is 13.6. The van der Waals surface area contributed by atoms with E-state index in [0.29, 0.717) is 18.1 Å². The summed E-state index contributed by atoms with van der Waals surface area (Å²) in [7, 11) is 0. The van der Waals surface area contributed by atoms with E-state index in [1.165, 1.54) is 0 Å². The van der Waals surface area contributed by atoms with E-state index in [1.807, 2.05) is 35.6 Å². The average molecular weight is 387 g/mol. The minimum Gasteiger partial charge on any atom is -0.489 e. The maximum atomic E-state index is 11.6. The van der Waals surface area contributed by atoms with Crippen molar-refractivity contribution in [1.29, 1.82) is 0 Å². The van der Waals surface area contributed by atoms with Gasteiger partial charge in [-0.05, 0) is 36.8 Å². The van der Waals surface area contributed by atoms with Crippen LogP contribution in [0.4, 0.5) is 4.79 Å². The lowest BCUT2D eigenvalue weighted by molar-refractivity contribution is -0.150. The van der Waals surface area contributed by atoms with Gasteiger partial charge >= 0.3 is 12.1 Å². The molecule has 0 aliphatic rings. The van der Waals surface area contributed by atoms with Crippen molar-refractivity contribution < 1.29 is 33.3 Å². The molecule has 0 atom stereocenters. The lowest BCUT2D eigenvalue weighted by Gasteiger charge is -2.09. The minimum atomic E-state index is -0.894. The first kappa shape index (κ1) is 20.8. The number of benzene rings is 2. The van der Waals surface area contributed by atoms with E-state index in [0.717, 1.165) is 5.56 Å². The fraction of sp³-hybridized carbons (Fsp3) is 0.250. The van der Waals surface area contributed by atoms with Crippen LogP contribution >= 0.6 is 0 Å². The zero-order valence-corrected chi connectivity index (χ0v) is 15.4. The Morgan fingerprint density at radius 2 is 1.46 bits per heavy atom. The second-order valence-corrected chi connectivity index (χ2v) is 5.46. The second-order valence-electron chi connectivity index (χ2n) is 5.46. The van der Waals surface area contributed by atoms with Crippen LogP contribution in [-0.4, -0.2) is 37.8 Å². The molecule has 0 fully saturated rings. The van der Waals surface area contributed by atoms with Crippen molar-refractivity contribution in [2.45, 2.75) is 13.5 Å². The molecule has 0 aliphatic heterocycles. The number of carbonyl (C=O) groups excluding carboxylic acids is 3. The lowest BCUT2D eigenvalue weighted by Crippen LogP contribution is -2.35. The predicted molar refractivity (Wildman–Crippen MR) is 98.8 cm³/mol. The topological polar surface area (TPSA) is 100 Å². The fourth-order valence-electron chi connectivity index (χ4n) is 2.02. The summed E-state index contributed by atoms with van der Waals surface area (Å²) in [5, 5.41) is 1.91. The van der Waals surface area contributed by atoms with Gasteiger partial charge in [-0.15, -0.1) is 0 Å². The monoisotopic (exact) mass is 387 g/mol. The van der Waals surface area contributed by atoms with Crippen molar-refractivity contribution in [2.24, 2.45) is 0 Å². The van der Waals surface area contributed by atoms with Gasteiger partial charge in [0.05, 0.1) is 6.61 Å². The third-order valence-corrected chi connectivity index (χ3v) is 3.31. The Morgan fingerprint density at radius 3 is 2.11 bits per heavy atom. The molecule has 2 aromatic rings. The zero-order chi connectivity index (χ0) is 20.2. The highest BCUT2D eigenvalue weighted by Crippen LogP contribution is 2.18. The van der Waals surface area contributed by atoms with Gasteiger partial charge in [0.1, 0.15) is 18.1 Å². The minimum absolute atomic E-state index is 0.128. The highest BCUT2D eigenvalue weighted by molar-refractivity contribution is 5.93. The van der Waals surface area contributed by atoms with E-state index in [1.54, 1.807) is 31.2 Å². The van der Waals surface area contributed by atoms with E-state index < -0.39 is 24.6 Å². The van der Waals surface area contributed by atoms with Gasteiger partial charge in [-0.3, -0.25) is 10.1 Å². The van der Waals surface area contributed by atoms with Gasteiger partial charge in [0, 0.05) is 0 Å². The molecule has 0 aliphatic carbocycles. The smallest absolute Gasteiger partial charge is 0.413 e. The predicted octanol–water partition coefficient (Wildman–Crippen LogP) is 2.46. The van der Waals surface area contributed by atoms with Crippen LogP contribution in [0.1, 0.15) is 12.5 Å². The summed E-state index contributed by atoms with van der Waals surface area (Å²) >= 11 is 0. The lowest BCUT2D eigenvalue weighted by atomic mass is 10.2. The van der Waals surface area contributed by atoms with Crippen molar-refractivity contribution in [3.05, 3.63) is 60.2 Å². The first-order valence-corrected chi connectivity index (χ1v) is 8.58. The summed E-state index contributed by atoms with van der Waals surface area (Å²) in [6, 6.07) is 16.5. The molecule has 148 valence electrons. The van der Waals surface area contributed by atoms with Crippen molar-refractivity contribution in [3.8, 4) is 11.5 Å². The maximum Gasteiger partial charge on any atom is 0.413 e. The number of ether oxygens (including phenoxy) is 4. The molecule has 0 spiro atoms. The third kappa shape index (κ3) is 7.77. The Balaban J connectivity index is 1.67. The summed E-state index contributed by atoms with van der Waals surface area (Å²) in [6.07, 6.45) is -0.894. The standard InChI is InChI=1S/C20H21NO7/c1-2-25-20(24)21-18(22)13-28-19(23)14-27-17-10-8-16(9-11-17)26-12-15-6-4-3-5-7-15/h3-11H,2,12-14H2,1H3,(H,21,22,24). The molecule has 1 N–H and O–H groups in total. The number of carbonyl (C=O) groups is 3. The quantitative estimate of drug-likeness (QED) is 0.660. The molecular formula is C20H21NO7. The van der Waals surface area contributed by atoms with E-state index in [-0.39, 0.29) is 13.2 Å². The van der Waals surface area contributed by atoms with Gasteiger partial charge in [0.15, 0.2) is 13.2 Å². The number of alkyl carbamates (subject to hydrolysis) is 1. The Labute approximate surface area is 162 Å². The Bertz CT molecular complexity index is 775. The largest absolute Gasteiger partial charge is 0.489 e. The summed E-state index contributed by atoms with van der Waals surface area (Å²) in [6.45, 7) is 1.19. The number of imide groups is 1. The molecular weight excluding hydrogens is 366 g/mol. The molecule has 0 bridgehead atoms.